The molecule has 0 unspecified atom stereocenters. The maximum Gasteiger partial charge on any atom is 0.330 e. The summed E-state index contributed by atoms with van der Waals surface area (Å²) in [7, 11) is 0. The number of ether oxygens (including phenoxy) is 1. The predicted molar refractivity (Wildman–Crippen MR) is 90.8 cm³/mol. The summed E-state index contributed by atoms with van der Waals surface area (Å²) >= 11 is 5.98. The van der Waals surface area contributed by atoms with Crippen LogP contribution in [-0.4, -0.2) is 12.6 Å². The van der Waals surface area contributed by atoms with E-state index in [9.17, 15) is 9.18 Å². The molecule has 0 saturated carbocycles. The van der Waals surface area contributed by atoms with Gasteiger partial charge in [0.15, 0.2) is 0 Å². The predicted octanol–water partition coefficient (Wildman–Crippen LogP) is 4.67. The molecule has 0 bridgehead atoms. The second-order valence-corrected chi connectivity index (χ2v) is 5.17. The van der Waals surface area contributed by atoms with Crippen LogP contribution in [0, 0.1) is 5.82 Å². The van der Waals surface area contributed by atoms with Gasteiger partial charge in [0.2, 0.25) is 0 Å². The van der Waals surface area contributed by atoms with Crippen molar-refractivity contribution in [2.24, 2.45) is 0 Å². The summed E-state index contributed by atoms with van der Waals surface area (Å²) < 4.78 is 18.5. The minimum atomic E-state index is -0.371. The number of hydrogen-bond acceptors (Lipinski definition) is 3. The van der Waals surface area contributed by atoms with Gasteiger partial charge in [-0.05, 0) is 42.8 Å². The van der Waals surface area contributed by atoms with Crippen LogP contribution < -0.4 is 5.32 Å². The molecule has 0 heterocycles. The van der Waals surface area contributed by atoms with E-state index in [1.54, 1.807) is 25.1 Å². The third kappa shape index (κ3) is 5.11. The van der Waals surface area contributed by atoms with Gasteiger partial charge in [-0.3, -0.25) is 0 Å². The summed E-state index contributed by atoms with van der Waals surface area (Å²) in [6.07, 6.45) is 3.06. The second-order valence-electron chi connectivity index (χ2n) is 4.76. The van der Waals surface area contributed by atoms with Crippen molar-refractivity contribution in [3.63, 3.8) is 0 Å². The molecule has 2 aromatic rings. The fraction of sp³-hybridized carbons (Fsp3) is 0.167. The van der Waals surface area contributed by atoms with E-state index in [1.807, 2.05) is 24.3 Å². The van der Waals surface area contributed by atoms with E-state index in [-0.39, 0.29) is 11.8 Å². The van der Waals surface area contributed by atoms with Gasteiger partial charge in [0.05, 0.1) is 6.61 Å². The highest BCUT2D eigenvalue weighted by atomic mass is 35.5. The number of carbonyl (C=O) groups excluding carboxylic acids is 1. The molecule has 2 aromatic carbocycles. The molecule has 120 valence electrons. The SMILES string of the molecule is CCOC(=O)/C=C/c1ccc(NCc2c(F)cccc2Cl)cc1. The van der Waals surface area contributed by atoms with Gasteiger partial charge in [-0.2, -0.15) is 0 Å². The van der Waals surface area contributed by atoms with Crippen LogP contribution in [0.5, 0.6) is 0 Å². The van der Waals surface area contributed by atoms with Crippen LogP contribution >= 0.6 is 11.6 Å². The molecule has 5 heteroatoms. The van der Waals surface area contributed by atoms with Crippen molar-refractivity contribution in [3.05, 3.63) is 70.5 Å². The molecule has 2 rings (SSSR count). The molecule has 0 aliphatic rings. The zero-order valence-corrected chi connectivity index (χ0v) is 13.4. The minimum Gasteiger partial charge on any atom is -0.463 e. The van der Waals surface area contributed by atoms with Crippen LogP contribution in [-0.2, 0) is 16.1 Å². The summed E-state index contributed by atoms with van der Waals surface area (Å²) in [4.78, 5) is 11.2. The number of nitrogens with one attached hydrogen (secondary N) is 1. The molecule has 0 aliphatic heterocycles. The lowest BCUT2D eigenvalue weighted by molar-refractivity contribution is -0.137. The highest BCUT2D eigenvalue weighted by molar-refractivity contribution is 6.31. The molecule has 0 saturated heterocycles. The molecule has 3 nitrogen and oxygen atoms in total. The first kappa shape index (κ1) is 17.0. The maximum absolute atomic E-state index is 13.7. The normalized spacial score (nSPS) is 10.7. The highest BCUT2D eigenvalue weighted by Gasteiger charge is 2.06. The smallest absolute Gasteiger partial charge is 0.330 e. The minimum absolute atomic E-state index is 0.295. The number of hydrogen-bond donors (Lipinski definition) is 1. The van der Waals surface area contributed by atoms with Gasteiger partial charge in [0.1, 0.15) is 5.82 Å². The Hall–Kier alpha value is -2.33. The average Bonchev–Trinajstić information content (AvgIpc) is 2.54. The Labute approximate surface area is 139 Å². The average molecular weight is 334 g/mol. The Kier molecular flexibility index (Phi) is 6.18. The zero-order valence-electron chi connectivity index (χ0n) is 12.7. The van der Waals surface area contributed by atoms with Crippen LogP contribution in [0.3, 0.4) is 0 Å². The fourth-order valence-corrected chi connectivity index (χ4v) is 2.19. The molecule has 0 aromatic heterocycles. The first-order chi connectivity index (χ1) is 11.1. The van der Waals surface area contributed by atoms with Crippen molar-refractivity contribution in [1.82, 2.24) is 0 Å². The Bertz CT molecular complexity index is 678. The summed E-state index contributed by atoms with van der Waals surface area (Å²) in [6, 6.07) is 12.0. The van der Waals surface area contributed by atoms with E-state index >= 15 is 0 Å². The van der Waals surface area contributed by atoms with Gasteiger partial charge in [-0.25, -0.2) is 9.18 Å². The Balaban J connectivity index is 1.96. The third-order valence-corrected chi connectivity index (χ3v) is 3.49. The van der Waals surface area contributed by atoms with E-state index in [0.717, 1.165) is 11.3 Å². The first-order valence-electron chi connectivity index (χ1n) is 7.22. The number of benzene rings is 2. The van der Waals surface area contributed by atoms with Gasteiger partial charge in [0, 0.05) is 28.9 Å². The van der Waals surface area contributed by atoms with Crippen LogP contribution in [0.4, 0.5) is 10.1 Å². The standard InChI is InChI=1S/C18H17ClFNO2/c1-2-23-18(22)11-8-13-6-9-14(10-7-13)21-12-15-16(19)4-3-5-17(15)20/h3-11,21H,2,12H2,1H3/b11-8+. The molecule has 0 fully saturated rings. The van der Waals surface area contributed by atoms with Gasteiger partial charge in [0.25, 0.3) is 0 Å². The van der Waals surface area contributed by atoms with Gasteiger partial charge in [-0.15, -0.1) is 0 Å². The molecule has 1 N–H and O–H groups in total. The van der Waals surface area contributed by atoms with Crippen LogP contribution in [0.15, 0.2) is 48.5 Å². The lowest BCUT2D eigenvalue weighted by atomic mass is 10.1. The first-order valence-corrected chi connectivity index (χ1v) is 7.59. The number of esters is 1. The van der Waals surface area contributed by atoms with Crippen molar-refractivity contribution in [2.75, 3.05) is 11.9 Å². The molecular weight excluding hydrogens is 317 g/mol. The summed E-state index contributed by atoms with van der Waals surface area (Å²) in [5.41, 5.74) is 2.13. The second kappa shape index (κ2) is 8.34. The molecule has 0 atom stereocenters. The van der Waals surface area contributed by atoms with E-state index < -0.39 is 0 Å². The van der Waals surface area contributed by atoms with Crippen molar-refractivity contribution in [3.8, 4) is 0 Å². The topological polar surface area (TPSA) is 38.3 Å². The lowest BCUT2D eigenvalue weighted by Crippen LogP contribution is -2.02. The highest BCUT2D eigenvalue weighted by Crippen LogP contribution is 2.20. The van der Waals surface area contributed by atoms with E-state index in [1.165, 1.54) is 12.1 Å². The molecular formula is C18H17ClFNO2. The van der Waals surface area contributed by atoms with Gasteiger partial charge in [-0.1, -0.05) is 29.8 Å². The molecule has 0 spiro atoms. The van der Waals surface area contributed by atoms with E-state index in [0.29, 0.717) is 23.7 Å². The molecule has 23 heavy (non-hydrogen) atoms. The fourth-order valence-electron chi connectivity index (χ4n) is 1.96. The Morgan fingerprint density at radius 2 is 2.00 bits per heavy atom. The van der Waals surface area contributed by atoms with Crippen LogP contribution in [0.1, 0.15) is 18.1 Å². The quantitative estimate of drug-likeness (QED) is 0.617. The summed E-state index contributed by atoms with van der Waals surface area (Å²) in [6.45, 7) is 2.40. The van der Waals surface area contributed by atoms with Gasteiger partial charge >= 0.3 is 5.97 Å². The molecule has 0 radical (unpaired) electrons. The summed E-state index contributed by atoms with van der Waals surface area (Å²) in [5.74, 6) is -0.706. The number of anilines is 1. The monoisotopic (exact) mass is 333 g/mol. The molecule has 0 aliphatic carbocycles. The number of carbonyl (C=O) groups is 1. The summed E-state index contributed by atoms with van der Waals surface area (Å²) in [5, 5.41) is 3.51. The van der Waals surface area contributed by atoms with Gasteiger partial charge < -0.3 is 10.1 Å². The Morgan fingerprint density at radius 1 is 1.26 bits per heavy atom. The lowest BCUT2D eigenvalue weighted by Gasteiger charge is -2.09. The van der Waals surface area contributed by atoms with Crippen molar-refractivity contribution >= 4 is 29.3 Å². The van der Waals surface area contributed by atoms with Crippen molar-refractivity contribution < 1.29 is 13.9 Å². The zero-order chi connectivity index (χ0) is 16.7. The van der Waals surface area contributed by atoms with Crippen molar-refractivity contribution in [1.29, 1.82) is 0 Å². The third-order valence-electron chi connectivity index (χ3n) is 3.14. The Morgan fingerprint density at radius 3 is 2.65 bits per heavy atom. The number of halogens is 2. The van der Waals surface area contributed by atoms with E-state index in [2.05, 4.69) is 5.32 Å². The molecule has 0 amide bonds. The van der Waals surface area contributed by atoms with E-state index in [4.69, 9.17) is 16.3 Å². The van der Waals surface area contributed by atoms with Crippen LogP contribution in [0.25, 0.3) is 6.08 Å². The number of rotatable bonds is 6. The van der Waals surface area contributed by atoms with Crippen LogP contribution in [0.2, 0.25) is 5.02 Å². The maximum atomic E-state index is 13.7. The largest absolute Gasteiger partial charge is 0.463 e. The van der Waals surface area contributed by atoms with Crippen molar-refractivity contribution in [2.45, 2.75) is 13.5 Å².